The Kier molecular flexibility index (Phi) is 3.55. The summed E-state index contributed by atoms with van der Waals surface area (Å²) in [4.78, 5) is 16.0. The first-order chi connectivity index (χ1) is 7.65. The van der Waals surface area contributed by atoms with Crippen LogP contribution in [0.5, 0.6) is 0 Å². The van der Waals surface area contributed by atoms with Gasteiger partial charge in [-0.25, -0.2) is 4.98 Å². The summed E-state index contributed by atoms with van der Waals surface area (Å²) in [6.07, 6.45) is 0. The molecule has 0 spiro atoms. The van der Waals surface area contributed by atoms with E-state index in [1.165, 1.54) is 11.3 Å². The van der Waals surface area contributed by atoms with Gasteiger partial charge in [-0.15, -0.1) is 11.3 Å². The summed E-state index contributed by atoms with van der Waals surface area (Å²) < 4.78 is 1.04. The molecule has 0 aliphatic heterocycles. The number of aryl methyl sites for hydroxylation is 1. The first-order valence-electron chi connectivity index (χ1n) is 4.64. The van der Waals surface area contributed by atoms with Crippen molar-refractivity contribution in [1.29, 1.82) is 0 Å². The first kappa shape index (κ1) is 11.5. The van der Waals surface area contributed by atoms with Crippen LogP contribution in [-0.4, -0.2) is 10.9 Å². The fourth-order valence-corrected chi connectivity index (χ4v) is 2.44. The molecule has 0 fully saturated rings. The summed E-state index contributed by atoms with van der Waals surface area (Å²) >= 11 is 3.61. The predicted octanol–water partition coefficient (Wildman–Crippen LogP) is 3.31. The summed E-state index contributed by atoms with van der Waals surface area (Å²) in [5.41, 5.74) is 1.57. The topological polar surface area (TPSA) is 42.0 Å². The third kappa shape index (κ3) is 2.79. The molecule has 1 N–H and O–H groups in total. The molecule has 0 saturated carbocycles. The maximum absolute atomic E-state index is 11.8. The minimum atomic E-state index is -0.118. The Morgan fingerprint density at radius 1 is 1.50 bits per heavy atom. The fraction of sp³-hybridized carbons (Fsp3) is 0.0909. The zero-order valence-corrected chi connectivity index (χ0v) is 11.5. The van der Waals surface area contributed by atoms with E-state index in [0.29, 0.717) is 10.7 Å². The SMILES string of the molecule is Cc1csc(NC(=O)c2cccc(I)c2)n1. The number of anilines is 1. The number of thiazole rings is 1. The lowest BCUT2D eigenvalue weighted by molar-refractivity contribution is 0.102. The van der Waals surface area contributed by atoms with Gasteiger partial charge in [0.2, 0.25) is 0 Å². The zero-order chi connectivity index (χ0) is 11.5. The Bertz CT molecular complexity index is 524. The maximum atomic E-state index is 11.8. The van der Waals surface area contributed by atoms with Gasteiger partial charge >= 0.3 is 0 Å². The molecule has 2 aromatic rings. The lowest BCUT2D eigenvalue weighted by atomic mass is 10.2. The standard InChI is InChI=1S/C11H9IN2OS/c1-7-6-16-11(13-7)14-10(15)8-3-2-4-9(12)5-8/h2-6H,1H3,(H,13,14,15). The van der Waals surface area contributed by atoms with Crippen LogP contribution in [0.4, 0.5) is 5.13 Å². The average molecular weight is 344 g/mol. The third-order valence-corrected chi connectivity index (χ3v) is 3.47. The number of nitrogens with zero attached hydrogens (tertiary/aromatic N) is 1. The highest BCUT2D eigenvalue weighted by molar-refractivity contribution is 14.1. The number of hydrogen-bond acceptors (Lipinski definition) is 3. The van der Waals surface area contributed by atoms with Gasteiger partial charge < -0.3 is 0 Å². The minimum absolute atomic E-state index is 0.118. The smallest absolute Gasteiger partial charge is 0.257 e. The summed E-state index contributed by atoms with van der Waals surface area (Å²) in [7, 11) is 0. The van der Waals surface area contributed by atoms with Crippen molar-refractivity contribution >= 4 is 45.0 Å². The van der Waals surface area contributed by atoms with Gasteiger partial charge in [-0.1, -0.05) is 6.07 Å². The second kappa shape index (κ2) is 4.92. The lowest BCUT2D eigenvalue weighted by Crippen LogP contribution is -2.11. The van der Waals surface area contributed by atoms with Gasteiger partial charge in [-0.2, -0.15) is 0 Å². The van der Waals surface area contributed by atoms with Gasteiger partial charge in [-0.05, 0) is 47.7 Å². The number of benzene rings is 1. The Hall–Kier alpha value is -0.950. The van der Waals surface area contributed by atoms with Crippen LogP contribution in [0.1, 0.15) is 16.1 Å². The molecule has 0 aliphatic carbocycles. The van der Waals surface area contributed by atoms with Gasteiger partial charge in [0, 0.05) is 14.5 Å². The Morgan fingerprint density at radius 2 is 2.31 bits per heavy atom. The Balaban J connectivity index is 2.14. The monoisotopic (exact) mass is 344 g/mol. The van der Waals surface area contributed by atoms with Crippen LogP contribution in [-0.2, 0) is 0 Å². The van der Waals surface area contributed by atoms with E-state index in [4.69, 9.17) is 0 Å². The highest BCUT2D eigenvalue weighted by Gasteiger charge is 2.07. The molecule has 0 unspecified atom stereocenters. The molecule has 1 amide bonds. The van der Waals surface area contributed by atoms with E-state index >= 15 is 0 Å². The van der Waals surface area contributed by atoms with E-state index in [1.807, 2.05) is 30.5 Å². The van der Waals surface area contributed by atoms with Crippen LogP contribution < -0.4 is 5.32 Å². The van der Waals surface area contributed by atoms with Crippen molar-refractivity contribution in [2.45, 2.75) is 6.92 Å². The molecule has 1 aromatic carbocycles. The van der Waals surface area contributed by atoms with Crippen LogP contribution in [0.2, 0.25) is 0 Å². The zero-order valence-electron chi connectivity index (χ0n) is 8.53. The second-order valence-corrected chi connectivity index (χ2v) is 5.36. The predicted molar refractivity (Wildman–Crippen MR) is 74.0 cm³/mol. The number of aromatic nitrogens is 1. The number of carbonyl (C=O) groups excluding carboxylic acids is 1. The summed E-state index contributed by atoms with van der Waals surface area (Å²) in [6.45, 7) is 1.90. The van der Waals surface area contributed by atoms with Crippen molar-refractivity contribution in [1.82, 2.24) is 4.98 Å². The van der Waals surface area contributed by atoms with Crippen LogP contribution >= 0.6 is 33.9 Å². The van der Waals surface area contributed by atoms with Crippen LogP contribution in [0.3, 0.4) is 0 Å². The van der Waals surface area contributed by atoms with Gasteiger partial charge in [0.1, 0.15) is 0 Å². The van der Waals surface area contributed by atoms with Crippen LogP contribution in [0, 0.1) is 10.5 Å². The van der Waals surface area contributed by atoms with E-state index < -0.39 is 0 Å². The summed E-state index contributed by atoms with van der Waals surface area (Å²) in [5, 5.41) is 5.32. The van der Waals surface area contributed by atoms with E-state index in [0.717, 1.165) is 9.26 Å². The normalized spacial score (nSPS) is 10.1. The van der Waals surface area contributed by atoms with Gasteiger partial charge in [0.05, 0.1) is 5.69 Å². The Labute approximate surface area is 111 Å². The molecule has 0 bridgehead atoms. The largest absolute Gasteiger partial charge is 0.298 e. The first-order valence-corrected chi connectivity index (χ1v) is 6.60. The number of hydrogen-bond donors (Lipinski definition) is 1. The highest BCUT2D eigenvalue weighted by Crippen LogP contribution is 2.16. The van der Waals surface area contributed by atoms with E-state index in [1.54, 1.807) is 6.07 Å². The summed E-state index contributed by atoms with van der Waals surface area (Å²) in [5.74, 6) is -0.118. The number of carbonyl (C=O) groups is 1. The Morgan fingerprint density at radius 3 is 2.94 bits per heavy atom. The molecule has 16 heavy (non-hydrogen) atoms. The van der Waals surface area contributed by atoms with Crippen LogP contribution in [0.25, 0.3) is 0 Å². The number of nitrogens with one attached hydrogen (secondary N) is 1. The number of amides is 1. The second-order valence-electron chi connectivity index (χ2n) is 3.26. The molecule has 82 valence electrons. The quantitative estimate of drug-likeness (QED) is 0.850. The maximum Gasteiger partial charge on any atom is 0.257 e. The molecular formula is C11H9IN2OS. The van der Waals surface area contributed by atoms with E-state index in [2.05, 4.69) is 32.9 Å². The molecule has 0 atom stereocenters. The minimum Gasteiger partial charge on any atom is -0.298 e. The average Bonchev–Trinajstić information content (AvgIpc) is 2.64. The summed E-state index contributed by atoms with van der Waals surface area (Å²) in [6, 6.07) is 7.45. The number of halogens is 1. The van der Waals surface area contributed by atoms with Crippen molar-refractivity contribution in [3.05, 3.63) is 44.5 Å². The van der Waals surface area contributed by atoms with Crippen LogP contribution in [0.15, 0.2) is 29.6 Å². The van der Waals surface area contributed by atoms with Gasteiger partial charge in [-0.3, -0.25) is 10.1 Å². The molecule has 0 aliphatic rings. The molecule has 1 heterocycles. The molecule has 5 heteroatoms. The van der Waals surface area contributed by atoms with Crippen molar-refractivity contribution in [2.75, 3.05) is 5.32 Å². The van der Waals surface area contributed by atoms with Crippen molar-refractivity contribution < 1.29 is 4.79 Å². The molecule has 0 radical (unpaired) electrons. The van der Waals surface area contributed by atoms with E-state index in [9.17, 15) is 4.79 Å². The number of rotatable bonds is 2. The molecule has 0 saturated heterocycles. The fourth-order valence-electron chi connectivity index (χ4n) is 1.21. The highest BCUT2D eigenvalue weighted by atomic mass is 127. The van der Waals surface area contributed by atoms with Crippen molar-refractivity contribution in [3.8, 4) is 0 Å². The van der Waals surface area contributed by atoms with Crippen molar-refractivity contribution in [3.63, 3.8) is 0 Å². The molecular weight excluding hydrogens is 335 g/mol. The van der Waals surface area contributed by atoms with E-state index in [-0.39, 0.29) is 5.91 Å². The van der Waals surface area contributed by atoms with Gasteiger partial charge in [0.25, 0.3) is 5.91 Å². The molecule has 2 rings (SSSR count). The molecule has 3 nitrogen and oxygen atoms in total. The van der Waals surface area contributed by atoms with Crippen molar-refractivity contribution in [2.24, 2.45) is 0 Å². The lowest BCUT2D eigenvalue weighted by Gasteiger charge is -2.01. The third-order valence-electron chi connectivity index (χ3n) is 1.93. The molecule has 1 aromatic heterocycles. The van der Waals surface area contributed by atoms with Gasteiger partial charge in [0.15, 0.2) is 5.13 Å².